The molecular weight excluding hydrogens is 298 g/mol. The Hall–Kier alpha value is -1.64. The van der Waals surface area contributed by atoms with Gasteiger partial charge in [0, 0.05) is 11.6 Å². The first-order valence-electron chi connectivity index (χ1n) is 9.13. The summed E-state index contributed by atoms with van der Waals surface area (Å²) in [4.78, 5) is 24.3. The summed E-state index contributed by atoms with van der Waals surface area (Å²) in [6.45, 7) is 11.4. The van der Waals surface area contributed by atoms with E-state index in [1.54, 1.807) is 0 Å². The monoisotopic (exact) mass is 327 g/mol. The molecule has 2 N–H and O–H groups in total. The van der Waals surface area contributed by atoms with Gasteiger partial charge in [-0.3, -0.25) is 9.59 Å². The number of hydrogen-bond donors (Lipinski definition) is 1. The summed E-state index contributed by atoms with van der Waals surface area (Å²) in [7, 11) is 0. The molecule has 3 heteroatoms. The third kappa shape index (κ3) is 2.49. The maximum absolute atomic E-state index is 12.4. The van der Waals surface area contributed by atoms with Crippen LogP contribution in [0.3, 0.4) is 0 Å². The fourth-order valence-corrected chi connectivity index (χ4v) is 5.43. The fourth-order valence-electron chi connectivity index (χ4n) is 5.43. The standard InChI is InChI=1S/C21H29NO2/c1-13-6-5-7-19-20(13,3)9-8-14(2)21(19,4)12-15-10-18(24)16(22)11-17(15)23/h10-11,14,19H,1,5-9,12,22H2,2-4H3/t14-,19+,20-,21+/m0/s1. The highest BCUT2D eigenvalue weighted by molar-refractivity contribution is 6.19. The first-order chi connectivity index (χ1) is 11.2. The van der Waals surface area contributed by atoms with Crippen LogP contribution >= 0.6 is 0 Å². The molecule has 0 bridgehead atoms. The van der Waals surface area contributed by atoms with Crippen molar-refractivity contribution < 1.29 is 9.59 Å². The molecule has 3 aliphatic carbocycles. The molecule has 2 fully saturated rings. The number of fused-ring (bicyclic) bond motifs is 1. The van der Waals surface area contributed by atoms with Gasteiger partial charge in [-0.1, -0.05) is 32.9 Å². The van der Waals surface area contributed by atoms with Gasteiger partial charge in [-0.15, -0.1) is 0 Å². The van der Waals surface area contributed by atoms with Gasteiger partial charge in [-0.25, -0.2) is 0 Å². The zero-order valence-electron chi connectivity index (χ0n) is 15.2. The average molecular weight is 327 g/mol. The Labute approximate surface area is 145 Å². The van der Waals surface area contributed by atoms with E-state index in [-0.39, 0.29) is 28.1 Å². The van der Waals surface area contributed by atoms with Crippen molar-refractivity contribution >= 4 is 11.6 Å². The van der Waals surface area contributed by atoms with Gasteiger partial charge in [0.05, 0.1) is 5.70 Å². The van der Waals surface area contributed by atoms with Crippen molar-refractivity contribution in [2.45, 2.75) is 59.3 Å². The zero-order valence-corrected chi connectivity index (χ0v) is 15.2. The maximum atomic E-state index is 12.4. The molecule has 3 nitrogen and oxygen atoms in total. The van der Waals surface area contributed by atoms with E-state index in [9.17, 15) is 9.59 Å². The van der Waals surface area contributed by atoms with Crippen molar-refractivity contribution in [1.29, 1.82) is 0 Å². The van der Waals surface area contributed by atoms with Crippen molar-refractivity contribution in [3.8, 4) is 0 Å². The molecule has 3 rings (SSSR count). The summed E-state index contributed by atoms with van der Waals surface area (Å²) >= 11 is 0. The van der Waals surface area contributed by atoms with Gasteiger partial charge in [0.1, 0.15) is 0 Å². The molecule has 130 valence electrons. The predicted octanol–water partition coefficient (Wildman–Crippen LogP) is 4.10. The van der Waals surface area contributed by atoms with E-state index < -0.39 is 0 Å². The largest absolute Gasteiger partial charge is 0.395 e. The molecule has 24 heavy (non-hydrogen) atoms. The van der Waals surface area contributed by atoms with Gasteiger partial charge in [-0.05, 0) is 67.3 Å². The van der Waals surface area contributed by atoms with Gasteiger partial charge in [0.25, 0.3) is 0 Å². The lowest BCUT2D eigenvalue weighted by Crippen LogP contribution is -2.50. The summed E-state index contributed by atoms with van der Waals surface area (Å²) in [6.07, 6.45) is 9.26. The minimum absolute atomic E-state index is 0.0120. The molecule has 3 aliphatic rings. The summed E-state index contributed by atoms with van der Waals surface area (Å²) in [5.41, 5.74) is 7.84. The summed E-state index contributed by atoms with van der Waals surface area (Å²) < 4.78 is 0. The predicted molar refractivity (Wildman–Crippen MR) is 96.1 cm³/mol. The Morgan fingerprint density at radius 2 is 1.92 bits per heavy atom. The third-order valence-corrected chi connectivity index (χ3v) is 7.33. The van der Waals surface area contributed by atoms with Crippen LogP contribution in [0.4, 0.5) is 0 Å². The van der Waals surface area contributed by atoms with Gasteiger partial charge >= 0.3 is 0 Å². The van der Waals surface area contributed by atoms with Gasteiger partial charge in [-0.2, -0.15) is 0 Å². The highest BCUT2D eigenvalue weighted by atomic mass is 16.1. The van der Waals surface area contributed by atoms with Crippen LogP contribution in [0.5, 0.6) is 0 Å². The molecular formula is C21H29NO2. The van der Waals surface area contributed by atoms with E-state index in [2.05, 4.69) is 27.4 Å². The lowest BCUT2D eigenvalue weighted by Gasteiger charge is -2.59. The molecule has 0 amide bonds. The van der Waals surface area contributed by atoms with Crippen LogP contribution in [-0.2, 0) is 9.59 Å². The highest BCUT2D eigenvalue weighted by Crippen LogP contribution is 2.63. The molecule has 0 aromatic heterocycles. The van der Waals surface area contributed by atoms with Crippen LogP contribution in [0, 0.1) is 22.7 Å². The van der Waals surface area contributed by atoms with E-state index in [1.165, 1.54) is 37.0 Å². The number of carbonyl (C=O) groups excluding carboxylic acids is 2. The number of rotatable bonds is 2. The smallest absolute Gasteiger partial charge is 0.201 e. The highest BCUT2D eigenvalue weighted by Gasteiger charge is 2.54. The summed E-state index contributed by atoms with van der Waals surface area (Å²) in [6, 6.07) is 0. The van der Waals surface area contributed by atoms with Crippen molar-refractivity contribution in [1.82, 2.24) is 0 Å². The topological polar surface area (TPSA) is 60.2 Å². The Morgan fingerprint density at radius 1 is 1.21 bits per heavy atom. The second-order valence-corrected chi connectivity index (χ2v) is 8.59. The van der Waals surface area contributed by atoms with E-state index in [4.69, 9.17) is 5.73 Å². The molecule has 0 aromatic rings. The molecule has 0 aromatic carbocycles. The molecule has 2 saturated carbocycles. The average Bonchev–Trinajstić information content (AvgIpc) is 2.51. The third-order valence-electron chi connectivity index (χ3n) is 7.33. The molecule has 0 radical (unpaired) electrons. The van der Waals surface area contributed by atoms with Crippen LogP contribution in [0.15, 0.2) is 35.6 Å². The van der Waals surface area contributed by atoms with Gasteiger partial charge in [0.2, 0.25) is 5.78 Å². The molecule has 0 heterocycles. The Balaban J connectivity index is 1.95. The first-order valence-corrected chi connectivity index (χ1v) is 9.13. The first kappa shape index (κ1) is 17.2. The van der Waals surface area contributed by atoms with Crippen molar-refractivity contribution in [2.24, 2.45) is 28.4 Å². The fraction of sp³-hybridized carbons (Fsp3) is 0.619. The lowest BCUT2D eigenvalue weighted by atomic mass is 9.46. The number of ketones is 2. The van der Waals surface area contributed by atoms with Crippen molar-refractivity contribution in [2.75, 3.05) is 0 Å². The normalized spacial score (nSPS) is 40.0. The van der Waals surface area contributed by atoms with Crippen LogP contribution < -0.4 is 5.73 Å². The quantitative estimate of drug-likeness (QED) is 0.613. The number of allylic oxidation sites excluding steroid dienone is 4. The summed E-state index contributed by atoms with van der Waals surface area (Å²) in [5, 5.41) is 0. The Kier molecular flexibility index (Phi) is 4.09. The van der Waals surface area contributed by atoms with Gasteiger partial charge in [0.15, 0.2) is 5.78 Å². The maximum Gasteiger partial charge on any atom is 0.201 e. The van der Waals surface area contributed by atoms with Crippen LogP contribution in [-0.4, -0.2) is 11.6 Å². The van der Waals surface area contributed by atoms with Crippen LogP contribution in [0.25, 0.3) is 0 Å². The molecule has 0 aliphatic heterocycles. The number of hydrogen-bond acceptors (Lipinski definition) is 3. The van der Waals surface area contributed by atoms with E-state index in [0.29, 0.717) is 23.8 Å². The van der Waals surface area contributed by atoms with Crippen LogP contribution in [0.1, 0.15) is 59.3 Å². The molecule has 0 spiro atoms. The van der Waals surface area contributed by atoms with E-state index in [1.807, 2.05) is 0 Å². The Morgan fingerprint density at radius 3 is 2.62 bits per heavy atom. The number of carbonyl (C=O) groups is 2. The lowest BCUT2D eigenvalue weighted by molar-refractivity contribution is -0.116. The minimum Gasteiger partial charge on any atom is -0.395 e. The van der Waals surface area contributed by atoms with E-state index in [0.717, 1.165) is 12.8 Å². The molecule has 0 unspecified atom stereocenters. The second-order valence-electron chi connectivity index (χ2n) is 8.59. The van der Waals surface area contributed by atoms with Crippen molar-refractivity contribution in [3.05, 3.63) is 35.6 Å². The SMILES string of the molecule is C=C1CCC[C@H]2[C@](C)(CC3=CC(=O)C(N)=CC3=O)[C@@H](C)CC[C@@]12C. The zero-order chi connectivity index (χ0) is 17.7. The molecule has 4 atom stereocenters. The molecule has 0 saturated heterocycles. The van der Waals surface area contributed by atoms with Crippen molar-refractivity contribution in [3.63, 3.8) is 0 Å². The second kappa shape index (κ2) is 5.72. The minimum atomic E-state index is -0.229. The van der Waals surface area contributed by atoms with Gasteiger partial charge < -0.3 is 5.73 Å². The van der Waals surface area contributed by atoms with Crippen LogP contribution in [0.2, 0.25) is 0 Å². The number of nitrogens with two attached hydrogens (primary N) is 1. The summed E-state index contributed by atoms with van der Waals surface area (Å²) in [5.74, 6) is 0.713. The Bertz CT molecular complexity index is 671. The van der Waals surface area contributed by atoms with E-state index >= 15 is 0 Å².